The summed E-state index contributed by atoms with van der Waals surface area (Å²) < 4.78 is 5.08. The van der Waals surface area contributed by atoms with Gasteiger partial charge in [0.25, 0.3) is 0 Å². The molecule has 1 aliphatic rings. The van der Waals surface area contributed by atoms with Gasteiger partial charge in [-0.1, -0.05) is 18.2 Å². The van der Waals surface area contributed by atoms with E-state index in [-0.39, 0.29) is 24.0 Å². The molecule has 0 saturated carbocycles. The lowest BCUT2D eigenvalue weighted by molar-refractivity contribution is 0.192. The summed E-state index contributed by atoms with van der Waals surface area (Å²) in [6, 6.07) is 10.7. The normalized spacial score (nSPS) is 17.4. The van der Waals surface area contributed by atoms with Gasteiger partial charge < -0.3 is 15.0 Å². The minimum atomic E-state index is 0. The fourth-order valence-electron chi connectivity index (χ4n) is 2.97. The number of nitrogens with zero attached hydrogens (tertiary/aromatic N) is 2. The summed E-state index contributed by atoms with van der Waals surface area (Å²) in [6.07, 6.45) is 4.77. The Hall–Kier alpha value is -0.470. The highest BCUT2D eigenvalue weighted by atomic mass is 127. The van der Waals surface area contributed by atoms with Crippen LogP contribution in [0.15, 0.2) is 40.2 Å². The standard InChI is InChI=1S/C19H31N3OS.HI/c1-20-19(21-12-7-4-8-14-23-2)22-13-11-17(15-22)16-24-18-9-5-3-6-10-18;/h3,5-6,9-10,17H,4,7-8,11-16H2,1-2H3,(H,20,21);1H. The summed E-state index contributed by atoms with van der Waals surface area (Å²) in [5.74, 6) is 3.00. The van der Waals surface area contributed by atoms with Crippen molar-refractivity contribution in [3.05, 3.63) is 30.3 Å². The molecule has 0 bridgehead atoms. The molecule has 1 heterocycles. The van der Waals surface area contributed by atoms with E-state index in [1.165, 1.54) is 29.9 Å². The van der Waals surface area contributed by atoms with E-state index in [1.54, 1.807) is 7.11 Å². The third-order valence-corrected chi connectivity index (χ3v) is 5.58. The van der Waals surface area contributed by atoms with Gasteiger partial charge in [-0.15, -0.1) is 35.7 Å². The molecule has 0 aliphatic carbocycles. The largest absolute Gasteiger partial charge is 0.385 e. The Morgan fingerprint density at radius 3 is 2.80 bits per heavy atom. The second-order valence-electron chi connectivity index (χ2n) is 6.25. The van der Waals surface area contributed by atoms with E-state index < -0.39 is 0 Å². The van der Waals surface area contributed by atoms with E-state index in [0.717, 1.165) is 44.5 Å². The second-order valence-corrected chi connectivity index (χ2v) is 7.35. The highest BCUT2D eigenvalue weighted by Gasteiger charge is 2.24. The molecule has 1 aliphatic heterocycles. The molecule has 1 unspecified atom stereocenters. The smallest absolute Gasteiger partial charge is 0.193 e. The van der Waals surface area contributed by atoms with Crippen LogP contribution < -0.4 is 5.32 Å². The number of rotatable bonds is 9. The van der Waals surface area contributed by atoms with Gasteiger partial charge in [0.15, 0.2) is 5.96 Å². The second kappa shape index (κ2) is 13.7. The molecule has 1 atom stereocenters. The highest BCUT2D eigenvalue weighted by Crippen LogP contribution is 2.25. The minimum Gasteiger partial charge on any atom is -0.385 e. The molecule has 1 N–H and O–H groups in total. The van der Waals surface area contributed by atoms with Crippen molar-refractivity contribution in [3.63, 3.8) is 0 Å². The van der Waals surface area contributed by atoms with Gasteiger partial charge in [0.1, 0.15) is 0 Å². The SMILES string of the molecule is CN=C(NCCCCCOC)N1CCC(CSc2ccccc2)C1.I. The van der Waals surface area contributed by atoms with E-state index in [4.69, 9.17) is 4.74 Å². The number of nitrogens with one attached hydrogen (secondary N) is 1. The maximum atomic E-state index is 5.08. The van der Waals surface area contributed by atoms with E-state index >= 15 is 0 Å². The number of thioether (sulfide) groups is 1. The number of unbranched alkanes of at least 4 members (excludes halogenated alkanes) is 2. The molecule has 25 heavy (non-hydrogen) atoms. The summed E-state index contributed by atoms with van der Waals surface area (Å²) in [6.45, 7) is 4.09. The van der Waals surface area contributed by atoms with E-state index in [9.17, 15) is 0 Å². The maximum Gasteiger partial charge on any atom is 0.193 e. The predicted molar refractivity (Wildman–Crippen MR) is 119 cm³/mol. The minimum absolute atomic E-state index is 0. The monoisotopic (exact) mass is 477 g/mol. The summed E-state index contributed by atoms with van der Waals surface area (Å²) in [5.41, 5.74) is 0. The van der Waals surface area contributed by atoms with Crippen LogP contribution in [-0.2, 0) is 4.74 Å². The zero-order chi connectivity index (χ0) is 17.0. The van der Waals surface area contributed by atoms with Gasteiger partial charge in [-0.2, -0.15) is 0 Å². The molecule has 0 amide bonds. The molecule has 2 rings (SSSR count). The maximum absolute atomic E-state index is 5.08. The van der Waals surface area contributed by atoms with Crippen molar-refractivity contribution < 1.29 is 4.74 Å². The molecule has 0 spiro atoms. The Labute approximate surface area is 174 Å². The number of guanidine groups is 1. The van der Waals surface area contributed by atoms with Crippen LogP contribution in [0.1, 0.15) is 25.7 Å². The van der Waals surface area contributed by atoms with E-state index in [1.807, 2.05) is 18.8 Å². The lowest BCUT2D eigenvalue weighted by atomic mass is 10.2. The number of halogens is 1. The molecule has 0 aromatic heterocycles. The van der Waals surface area contributed by atoms with Crippen molar-refractivity contribution in [2.24, 2.45) is 10.9 Å². The lowest BCUT2D eigenvalue weighted by Gasteiger charge is -2.21. The first-order chi connectivity index (χ1) is 11.8. The first kappa shape index (κ1) is 22.6. The third-order valence-electron chi connectivity index (χ3n) is 4.33. The zero-order valence-corrected chi connectivity index (χ0v) is 18.6. The van der Waals surface area contributed by atoms with Gasteiger partial charge in [-0.25, -0.2) is 0 Å². The third kappa shape index (κ3) is 8.64. The fourth-order valence-corrected chi connectivity index (χ4v) is 4.02. The van der Waals surface area contributed by atoms with Crippen LogP contribution in [0.4, 0.5) is 0 Å². The van der Waals surface area contributed by atoms with Crippen molar-refractivity contribution in [1.29, 1.82) is 0 Å². The van der Waals surface area contributed by atoms with Gasteiger partial charge in [-0.3, -0.25) is 4.99 Å². The molecular formula is C19H32IN3OS. The van der Waals surface area contributed by atoms with Crippen LogP contribution >= 0.6 is 35.7 Å². The van der Waals surface area contributed by atoms with Crippen LogP contribution in [0, 0.1) is 5.92 Å². The van der Waals surface area contributed by atoms with Crippen molar-refractivity contribution in [1.82, 2.24) is 10.2 Å². The van der Waals surface area contributed by atoms with Gasteiger partial charge in [0, 0.05) is 51.0 Å². The number of hydrogen-bond acceptors (Lipinski definition) is 3. The lowest BCUT2D eigenvalue weighted by Crippen LogP contribution is -2.40. The Morgan fingerprint density at radius 1 is 1.28 bits per heavy atom. The van der Waals surface area contributed by atoms with Crippen LogP contribution in [0.25, 0.3) is 0 Å². The Balaban J connectivity index is 0.00000312. The molecule has 1 aromatic carbocycles. The summed E-state index contributed by atoms with van der Waals surface area (Å²) in [5, 5.41) is 3.51. The molecule has 0 radical (unpaired) electrons. The predicted octanol–water partition coefficient (Wildman–Crippen LogP) is 4.11. The van der Waals surface area contributed by atoms with Crippen LogP contribution in [0.2, 0.25) is 0 Å². The van der Waals surface area contributed by atoms with Crippen LogP contribution in [0.3, 0.4) is 0 Å². The molecule has 1 aromatic rings. The molecule has 142 valence electrons. The van der Waals surface area contributed by atoms with Crippen molar-refractivity contribution in [2.45, 2.75) is 30.6 Å². The number of likely N-dealkylation sites (tertiary alicyclic amines) is 1. The number of aliphatic imine (C=N–C) groups is 1. The molecule has 6 heteroatoms. The number of benzene rings is 1. The zero-order valence-electron chi connectivity index (χ0n) is 15.4. The quantitative estimate of drug-likeness (QED) is 0.191. The summed E-state index contributed by atoms with van der Waals surface area (Å²) in [4.78, 5) is 8.23. The van der Waals surface area contributed by atoms with Crippen LogP contribution in [0.5, 0.6) is 0 Å². The van der Waals surface area contributed by atoms with Crippen molar-refractivity contribution in [3.8, 4) is 0 Å². The first-order valence-electron chi connectivity index (χ1n) is 8.96. The average Bonchev–Trinajstić information content (AvgIpc) is 3.09. The Kier molecular flexibility index (Phi) is 12.4. The molecule has 1 fully saturated rings. The first-order valence-corrected chi connectivity index (χ1v) is 9.94. The average molecular weight is 477 g/mol. The molecule has 1 saturated heterocycles. The van der Waals surface area contributed by atoms with Crippen molar-refractivity contribution >= 4 is 41.7 Å². The summed E-state index contributed by atoms with van der Waals surface area (Å²) >= 11 is 1.97. The highest BCUT2D eigenvalue weighted by molar-refractivity contribution is 14.0. The Morgan fingerprint density at radius 2 is 2.08 bits per heavy atom. The van der Waals surface area contributed by atoms with Gasteiger partial charge in [0.05, 0.1) is 0 Å². The molecular weight excluding hydrogens is 445 g/mol. The Bertz CT molecular complexity index is 487. The fraction of sp³-hybridized carbons (Fsp3) is 0.632. The molecule has 4 nitrogen and oxygen atoms in total. The number of ether oxygens (including phenoxy) is 1. The van der Waals surface area contributed by atoms with Gasteiger partial charge in [0.2, 0.25) is 0 Å². The van der Waals surface area contributed by atoms with Crippen LogP contribution in [-0.4, -0.2) is 57.0 Å². The van der Waals surface area contributed by atoms with Crippen molar-refractivity contribution in [2.75, 3.05) is 46.2 Å². The topological polar surface area (TPSA) is 36.9 Å². The summed E-state index contributed by atoms with van der Waals surface area (Å²) in [7, 11) is 3.65. The number of methoxy groups -OCH3 is 1. The van der Waals surface area contributed by atoms with Gasteiger partial charge in [-0.05, 0) is 43.7 Å². The van der Waals surface area contributed by atoms with E-state index in [0.29, 0.717) is 0 Å². The number of hydrogen-bond donors (Lipinski definition) is 1. The van der Waals surface area contributed by atoms with Gasteiger partial charge >= 0.3 is 0 Å². The van der Waals surface area contributed by atoms with E-state index in [2.05, 4.69) is 45.5 Å².